The highest BCUT2D eigenvalue weighted by atomic mass is 16.4. The third-order valence-corrected chi connectivity index (χ3v) is 5.43. The zero-order valence-corrected chi connectivity index (χ0v) is 16.5. The van der Waals surface area contributed by atoms with Gasteiger partial charge < -0.3 is 20.1 Å². The van der Waals surface area contributed by atoms with Crippen LogP contribution in [-0.4, -0.2) is 24.3 Å². The largest absolute Gasteiger partial charge is 0.550 e. The van der Waals surface area contributed by atoms with Crippen molar-refractivity contribution in [2.24, 2.45) is 11.8 Å². The predicted octanol–water partition coefficient (Wildman–Crippen LogP) is 2.85. The second-order valence-corrected chi connectivity index (χ2v) is 7.27. The van der Waals surface area contributed by atoms with E-state index in [9.17, 15) is 19.5 Å². The molecule has 0 saturated heterocycles. The molecule has 0 radical (unpaired) electrons. The molecular formula is C23H25N2O4-. The summed E-state index contributed by atoms with van der Waals surface area (Å²) in [4.78, 5) is 38.4. The van der Waals surface area contributed by atoms with Crippen LogP contribution >= 0.6 is 0 Å². The number of anilines is 2. The molecule has 0 unspecified atom stereocenters. The molecule has 0 heterocycles. The van der Waals surface area contributed by atoms with Gasteiger partial charge in [0.1, 0.15) is 0 Å². The van der Waals surface area contributed by atoms with Gasteiger partial charge in [-0.05, 0) is 56.2 Å². The number of amides is 2. The van der Waals surface area contributed by atoms with Crippen molar-refractivity contribution in [2.45, 2.75) is 32.6 Å². The Bertz CT molecular complexity index is 864. The Morgan fingerprint density at radius 1 is 0.966 bits per heavy atom. The minimum Gasteiger partial charge on any atom is -0.550 e. The third kappa shape index (κ3) is 4.83. The third-order valence-electron chi connectivity index (χ3n) is 5.43. The molecule has 1 saturated carbocycles. The van der Waals surface area contributed by atoms with E-state index in [1.54, 1.807) is 29.2 Å². The molecule has 0 aliphatic heterocycles. The van der Waals surface area contributed by atoms with Gasteiger partial charge in [-0.2, -0.15) is 0 Å². The van der Waals surface area contributed by atoms with Crippen LogP contribution in [0.15, 0.2) is 54.6 Å². The Kier molecular flexibility index (Phi) is 6.65. The maximum Gasteiger partial charge on any atom is 0.258 e. The van der Waals surface area contributed by atoms with Gasteiger partial charge in [0, 0.05) is 41.3 Å². The zero-order valence-electron chi connectivity index (χ0n) is 16.5. The highest BCUT2D eigenvalue weighted by Gasteiger charge is 2.31. The molecule has 0 aromatic heterocycles. The maximum atomic E-state index is 12.8. The Hall–Kier alpha value is -3.15. The van der Waals surface area contributed by atoms with E-state index in [2.05, 4.69) is 5.32 Å². The molecule has 2 amide bonds. The summed E-state index contributed by atoms with van der Waals surface area (Å²) in [5.41, 5.74) is 1.87. The monoisotopic (exact) mass is 393 g/mol. The average Bonchev–Trinajstić information content (AvgIpc) is 2.75. The van der Waals surface area contributed by atoms with Crippen LogP contribution in [-0.2, 0) is 9.59 Å². The van der Waals surface area contributed by atoms with Crippen molar-refractivity contribution in [1.82, 2.24) is 0 Å². The fraction of sp³-hybridized carbons (Fsp3) is 0.348. The molecule has 2 aromatic rings. The van der Waals surface area contributed by atoms with E-state index in [1.807, 2.05) is 37.3 Å². The number of rotatable bonds is 6. The summed E-state index contributed by atoms with van der Waals surface area (Å²) in [5.74, 6) is -2.91. The van der Waals surface area contributed by atoms with Crippen molar-refractivity contribution >= 4 is 29.2 Å². The van der Waals surface area contributed by atoms with E-state index in [1.165, 1.54) is 0 Å². The van der Waals surface area contributed by atoms with Gasteiger partial charge in [0.05, 0.1) is 0 Å². The van der Waals surface area contributed by atoms with Gasteiger partial charge in [-0.1, -0.05) is 31.0 Å². The quantitative estimate of drug-likeness (QED) is 0.817. The Labute approximate surface area is 170 Å². The smallest absolute Gasteiger partial charge is 0.258 e. The van der Waals surface area contributed by atoms with Crippen molar-refractivity contribution in [1.29, 1.82) is 0 Å². The summed E-state index contributed by atoms with van der Waals surface area (Å²) in [5, 5.41) is 14.1. The normalized spacial score (nSPS) is 18.7. The standard InChI is InChI=1S/C23H26N2O4/c1-2-25(18-8-4-3-5-9-18)22(27)16-12-14-17(15-13-16)24-21(26)19-10-6-7-11-20(19)23(28)29/h3-5,8-9,12-15,19-20H,2,6-7,10-11H2,1H3,(H,24,26)(H,28,29)/p-1/t19-,20+/m0/s1. The molecular weight excluding hydrogens is 368 g/mol. The molecule has 1 aliphatic carbocycles. The van der Waals surface area contributed by atoms with Crippen molar-refractivity contribution in [3.8, 4) is 0 Å². The number of carboxylic acids is 1. The molecule has 6 heteroatoms. The molecule has 1 fully saturated rings. The lowest BCUT2D eigenvalue weighted by Crippen LogP contribution is -2.42. The van der Waals surface area contributed by atoms with E-state index in [0.717, 1.165) is 18.5 Å². The second-order valence-electron chi connectivity index (χ2n) is 7.27. The van der Waals surface area contributed by atoms with E-state index in [4.69, 9.17) is 0 Å². The number of aliphatic carboxylic acids is 1. The number of carbonyl (C=O) groups excluding carboxylic acids is 3. The van der Waals surface area contributed by atoms with Gasteiger partial charge in [0.15, 0.2) is 0 Å². The Morgan fingerprint density at radius 3 is 2.17 bits per heavy atom. The number of nitrogens with zero attached hydrogens (tertiary/aromatic N) is 1. The highest BCUT2D eigenvalue weighted by molar-refractivity contribution is 6.06. The lowest BCUT2D eigenvalue weighted by Gasteiger charge is -2.31. The first kappa shape index (κ1) is 20.6. The van der Waals surface area contributed by atoms with Crippen LogP contribution in [0.2, 0.25) is 0 Å². The van der Waals surface area contributed by atoms with Gasteiger partial charge in [-0.3, -0.25) is 9.59 Å². The lowest BCUT2D eigenvalue weighted by atomic mass is 9.78. The summed E-state index contributed by atoms with van der Waals surface area (Å²) in [6.07, 6.45) is 2.65. The van der Waals surface area contributed by atoms with E-state index in [0.29, 0.717) is 30.6 Å². The fourth-order valence-electron chi connectivity index (χ4n) is 3.87. The van der Waals surface area contributed by atoms with E-state index < -0.39 is 17.8 Å². The number of hydrogen-bond acceptors (Lipinski definition) is 4. The van der Waals surface area contributed by atoms with Crippen LogP contribution in [0.25, 0.3) is 0 Å². The molecule has 29 heavy (non-hydrogen) atoms. The summed E-state index contributed by atoms with van der Waals surface area (Å²) in [7, 11) is 0. The maximum absolute atomic E-state index is 12.8. The minimum atomic E-state index is -1.16. The fourth-order valence-corrected chi connectivity index (χ4v) is 3.87. The second kappa shape index (κ2) is 9.37. The first-order valence-electron chi connectivity index (χ1n) is 10.00. The molecule has 2 atom stereocenters. The van der Waals surface area contributed by atoms with E-state index in [-0.39, 0.29) is 11.8 Å². The summed E-state index contributed by atoms with van der Waals surface area (Å²) < 4.78 is 0. The number of para-hydroxylation sites is 1. The number of nitrogens with one attached hydrogen (secondary N) is 1. The molecule has 3 rings (SSSR count). The molecule has 2 aromatic carbocycles. The molecule has 1 aliphatic rings. The molecule has 0 bridgehead atoms. The first-order valence-corrected chi connectivity index (χ1v) is 10.00. The van der Waals surface area contributed by atoms with Gasteiger partial charge in [0.25, 0.3) is 5.91 Å². The van der Waals surface area contributed by atoms with Crippen LogP contribution in [0, 0.1) is 11.8 Å². The number of benzene rings is 2. The van der Waals surface area contributed by atoms with Crippen molar-refractivity contribution < 1.29 is 19.5 Å². The molecule has 152 valence electrons. The predicted molar refractivity (Wildman–Crippen MR) is 109 cm³/mol. The molecule has 0 spiro atoms. The van der Waals surface area contributed by atoms with Crippen LogP contribution in [0.4, 0.5) is 11.4 Å². The number of hydrogen-bond donors (Lipinski definition) is 1. The molecule has 1 N–H and O–H groups in total. The van der Waals surface area contributed by atoms with Crippen LogP contribution < -0.4 is 15.3 Å². The van der Waals surface area contributed by atoms with Crippen molar-refractivity contribution in [3.05, 3.63) is 60.2 Å². The zero-order chi connectivity index (χ0) is 20.8. The number of carboxylic acid groups (broad SMARTS) is 1. The van der Waals surface area contributed by atoms with Crippen LogP contribution in [0.3, 0.4) is 0 Å². The average molecular weight is 393 g/mol. The van der Waals surface area contributed by atoms with Gasteiger partial charge in [0.2, 0.25) is 5.91 Å². The first-order chi connectivity index (χ1) is 14.0. The summed E-state index contributed by atoms with van der Waals surface area (Å²) in [6, 6.07) is 16.1. The Morgan fingerprint density at radius 2 is 1.59 bits per heavy atom. The van der Waals surface area contributed by atoms with Crippen molar-refractivity contribution in [2.75, 3.05) is 16.8 Å². The summed E-state index contributed by atoms with van der Waals surface area (Å²) in [6.45, 7) is 2.45. The SMILES string of the molecule is CCN(C(=O)c1ccc(NC(=O)[C@H]2CCCC[C@H]2C(=O)[O-])cc1)c1ccccc1. The van der Waals surface area contributed by atoms with Gasteiger partial charge >= 0.3 is 0 Å². The minimum absolute atomic E-state index is 0.124. The lowest BCUT2D eigenvalue weighted by molar-refractivity contribution is -0.313. The van der Waals surface area contributed by atoms with E-state index >= 15 is 0 Å². The van der Waals surface area contributed by atoms with Crippen LogP contribution in [0.5, 0.6) is 0 Å². The van der Waals surface area contributed by atoms with Crippen molar-refractivity contribution in [3.63, 3.8) is 0 Å². The van der Waals surface area contributed by atoms with Gasteiger partial charge in [-0.25, -0.2) is 0 Å². The van der Waals surface area contributed by atoms with Gasteiger partial charge in [-0.15, -0.1) is 0 Å². The number of carbonyl (C=O) groups is 3. The topological polar surface area (TPSA) is 89.5 Å². The highest BCUT2D eigenvalue weighted by Crippen LogP contribution is 2.31. The Balaban J connectivity index is 1.69. The molecule has 6 nitrogen and oxygen atoms in total. The van der Waals surface area contributed by atoms with Crippen LogP contribution in [0.1, 0.15) is 43.0 Å². The summed E-state index contributed by atoms with van der Waals surface area (Å²) >= 11 is 0.